The molecule has 0 aliphatic carbocycles. The van der Waals surface area contributed by atoms with E-state index in [1.807, 2.05) is 6.07 Å². The minimum absolute atomic E-state index is 0.0627. The third kappa shape index (κ3) is 3.65. The smallest absolute Gasteiger partial charge is 0.206 e. The van der Waals surface area contributed by atoms with Gasteiger partial charge >= 0.3 is 0 Å². The first-order chi connectivity index (χ1) is 10.0. The Balaban J connectivity index is 2.47. The fourth-order valence-corrected chi connectivity index (χ4v) is 2.53. The lowest BCUT2D eigenvalue weighted by Crippen LogP contribution is -2.04. The monoisotopic (exact) mass is 335 g/mol. The van der Waals surface area contributed by atoms with Gasteiger partial charge in [0.2, 0.25) is 5.78 Å². The molecule has 0 unspecified atom stereocenters. The van der Waals surface area contributed by atoms with Crippen molar-refractivity contribution in [1.82, 2.24) is 0 Å². The van der Waals surface area contributed by atoms with Crippen LogP contribution in [0.4, 0.5) is 0 Å². The van der Waals surface area contributed by atoms with Gasteiger partial charge in [-0.3, -0.25) is 4.79 Å². The maximum atomic E-state index is 12.4. The Hall–Kier alpha value is -1.79. The molecule has 0 fully saturated rings. The van der Waals surface area contributed by atoms with Gasteiger partial charge in [-0.15, -0.1) is 0 Å². The quantitative estimate of drug-likeness (QED) is 0.425. The van der Waals surface area contributed by atoms with Crippen LogP contribution >= 0.6 is 34.8 Å². The summed E-state index contributed by atoms with van der Waals surface area (Å²) in [5, 5.41) is 10.1. The zero-order valence-electron chi connectivity index (χ0n) is 10.6. The molecular weight excluding hydrogens is 329 g/mol. The Kier molecular flexibility index (Phi) is 5.03. The summed E-state index contributed by atoms with van der Waals surface area (Å²) in [6.45, 7) is 0. The Morgan fingerprint density at radius 3 is 2.24 bits per heavy atom. The molecule has 0 bridgehead atoms. The molecule has 21 heavy (non-hydrogen) atoms. The summed E-state index contributed by atoms with van der Waals surface area (Å²) in [6.07, 6.45) is 1.45. The number of allylic oxidation sites excluding steroid dienone is 1. The summed E-state index contributed by atoms with van der Waals surface area (Å²) < 4.78 is 0. The van der Waals surface area contributed by atoms with Crippen LogP contribution in [0, 0.1) is 11.3 Å². The van der Waals surface area contributed by atoms with Gasteiger partial charge in [0.1, 0.15) is 11.6 Å². The molecule has 0 radical (unpaired) electrons. The maximum Gasteiger partial charge on any atom is 0.206 e. The molecule has 2 aromatic carbocycles. The predicted octanol–water partition coefficient (Wildman–Crippen LogP) is 5.44. The normalized spacial score (nSPS) is 11.0. The van der Waals surface area contributed by atoms with E-state index >= 15 is 0 Å². The van der Waals surface area contributed by atoms with E-state index in [1.165, 1.54) is 6.08 Å². The highest BCUT2D eigenvalue weighted by Crippen LogP contribution is 2.27. The molecule has 104 valence electrons. The number of nitriles is 1. The van der Waals surface area contributed by atoms with Gasteiger partial charge in [0, 0.05) is 5.02 Å². The van der Waals surface area contributed by atoms with E-state index in [1.54, 1.807) is 42.5 Å². The molecule has 2 rings (SSSR count). The van der Waals surface area contributed by atoms with Crippen molar-refractivity contribution >= 4 is 46.7 Å². The Morgan fingerprint density at radius 1 is 1.05 bits per heavy atom. The topological polar surface area (TPSA) is 40.9 Å². The van der Waals surface area contributed by atoms with Crippen LogP contribution in [0.1, 0.15) is 15.9 Å². The molecule has 5 heteroatoms. The molecule has 0 aliphatic heterocycles. The van der Waals surface area contributed by atoms with Gasteiger partial charge in [0.25, 0.3) is 0 Å². The number of nitrogens with zero attached hydrogens (tertiary/aromatic N) is 1. The third-order valence-corrected chi connectivity index (χ3v) is 3.58. The van der Waals surface area contributed by atoms with Crippen LogP contribution in [0.3, 0.4) is 0 Å². The van der Waals surface area contributed by atoms with Gasteiger partial charge in [0.05, 0.1) is 15.6 Å². The van der Waals surface area contributed by atoms with Crippen molar-refractivity contribution in [2.24, 2.45) is 0 Å². The van der Waals surface area contributed by atoms with Crippen molar-refractivity contribution in [3.63, 3.8) is 0 Å². The lowest BCUT2D eigenvalue weighted by Gasteiger charge is -2.05. The van der Waals surface area contributed by atoms with E-state index in [0.29, 0.717) is 10.6 Å². The molecular formula is C16H8Cl3NO. The highest BCUT2D eigenvalue weighted by molar-refractivity contribution is 6.41. The van der Waals surface area contributed by atoms with Gasteiger partial charge in [-0.25, -0.2) is 0 Å². The van der Waals surface area contributed by atoms with Crippen molar-refractivity contribution in [3.8, 4) is 6.07 Å². The van der Waals surface area contributed by atoms with Gasteiger partial charge < -0.3 is 0 Å². The second-order valence-electron chi connectivity index (χ2n) is 4.15. The molecule has 0 N–H and O–H groups in total. The van der Waals surface area contributed by atoms with Gasteiger partial charge in [-0.2, -0.15) is 5.26 Å². The minimum atomic E-state index is -0.520. The number of carbonyl (C=O) groups is 1. The molecule has 0 aromatic heterocycles. The van der Waals surface area contributed by atoms with Crippen LogP contribution in [0.25, 0.3) is 6.08 Å². The standard InChI is InChI=1S/C16H8Cl3NO/c17-12-4-1-3-10(8-12)7-11(9-20)16(21)15-13(18)5-2-6-14(15)19/h1-8H/b11-7+. The van der Waals surface area contributed by atoms with Crippen LogP contribution in [-0.2, 0) is 0 Å². The minimum Gasteiger partial charge on any atom is -0.288 e. The van der Waals surface area contributed by atoms with Gasteiger partial charge in [-0.05, 0) is 35.9 Å². The summed E-state index contributed by atoms with van der Waals surface area (Å²) in [6, 6.07) is 13.4. The van der Waals surface area contributed by atoms with Crippen molar-refractivity contribution in [1.29, 1.82) is 5.26 Å². The summed E-state index contributed by atoms with van der Waals surface area (Å²) in [4.78, 5) is 12.4. The second kappa shape index (κ2) is 6.78. The molecule has 2 aromatic rings. The highest BCUT2D eigenvalue weighted by atomic mass is 35.5. The molecule has 0 spiro atoms. The van der Waals surface area contributed by atoms with Crippen LogP contribution in [0.15, 0.2) is 48.0 Å². The van der Waals surface area contributed by atoms with Gasteiger partial charge in [-0.1, -0.05) is 53.0 Å². The van der Waals surface area contributed by atoms with Crippen molar-refractivity contribution in [3.05, 3.63) is 74.2 Å². The van der Waals surface area contributed by atoms with E-state index in [-0.39, 0.29) is 21.2 Å². The number of carbonyl (C=O) groups excluding carboxylic acids is 1. The molecule has 2 nitrogen and oxygen atoms in total. The number of benzene rings is 2. The van der Waals surface area contributed by atoms with E-state index in [9.17, 15) is 10.1 Å². The van der Waals surface area contributed by atoms with Crippen molar-refractivity contribution in [2.75, 3.05) is 0 Å². The Morgan fingerprint density at radius 2 is 1.67 bits per heavy atom. The summed E-state index contributed by atoms with van der Waals surface area (Å²) in [5.74, 6) is -0.520. The lowest BCUT2D eigenvalue weighted by atomic mass is 10.0. The third-order valence-electron chi connectivity index (χ3n) is 2.71. The summed E-state index contributed by atoms with van der Waals surface area (Å²) in [7, 11) is 0. The van der Waals surface area contributed by atoms with E-state index in [0.717, 1.165) is 0 Å². The van der Waals surface area contributed by atoms with E-state index in [4.69, 9.17) is 34.8 Å². The first-order valence-corrected chi connectivity index (χ1v) is 7.02. The average Bonchev–Trinajstić information content (AvgIpc) is 2.44. The number of hydrogen-bond donors (Lipinski definition) is 0. The van der Waals surface area contributed by atoms with Gasteiger partial charge in [0.15, 0.2) is 0 Å². The van der Waals surface area contributed by atoms with E-state index < -0.39 is 5.78 Å². The number of Topliss-reactive ketones (excluding diaryl/α,β-unsaturated/α-hetero) is 1. The zero-order chi connectivity index (χ0) is 15.4. The molecule has 0 atom stereocenters. The molecule has 0 aliphatic rings. The number of rotatable bonds is 3. The fraction of sp³-hybridized carbons (Fsp3) is 0. The molecule has 0 saturated carbocycles. The largest absolute Gasteiger partial charge is 0.288 e. The summed E-state index contributed by atoms with van der Waals surface area (Å²) >= 11 is 17.9. The summed E-state index contributed by atoms with van der Waals surface area (Å²) in [5.41, 5.74) is 0.707. The molecule has 0 heterocycles. The van der Waals surface area contributed by atoms with Crippen molar-refractivity contribution in [2.45, 2.75) is 0 Å². The van der Waals surface area contributed by atoms with E-state index in [2.05, 4.69) is 0 Å². The predicted molar refractivity (Wildman–Crippen MR) is 85.8 cm³/mol. The van der Waals surface area contributed by atoms with Crippen LogP contribution in [0.2, 0.25) is 15.1 Å². The van der Waals surface area contributed by atoms with Crippen molar-refractivity contribution < 1.29 is 4.79 Å². The lowest BCUT2D eigenvalue weighted by molar-refractivity contribution is 0.104. The van der Waals surface area contributed by atoms with Crippen LogP contribution < -0.4 is 0 Å². The van der Waals surface area contributed by atoms with Crippen LogP contribution in [0.5, 0.6) is 0 Å². The average molecular weight is 337 g/mol. The SMILES string of the molecule is N#C/C(=C\c1cccc(Cl)c1)C(=O)c1c(Cl)cccc1Cl. The maximum absolute atomic E-state index is 12.4. The fourth-order valence-electron chi connectivity index (χ4n) is 1.76. The first-order valence-electron chi connectivity index (χ1n) is 5.89. The second-order valence-corrected chi connectivity index (χ2v) is 5.40. The number of ketones is 1. The first kappa shape index (κ1) is 15.6. The molecule has 0 saturated heterocycles. The number of hydrogen-bond acceptors (Lipinski definition) is 2. The number of halogens is 3. The van der Waals surface area contributed by atoms with Crippen LogP contribution in [-0.4, -0.2) is 5.78 Å². The Labute approximate surface area is 137 Å². The Bertz CT molecular complexity index is 755. The highest BCUT2D eigenvalue weighted by Gasteiger charge is 2.18. The molecule has 0 amide bonds. The zero-order valence-corrected chi connectivity index (χ0v) is 12.9.